The number of hydrogen-bond donors (Lipinski definition) is 1. The fourth-order valence-corrected chi connectivity index (χ4v) is 5.11. The van der Waals surface area contributed by atoms with Crippen molar-refractivity contribution in [2.75, 3.05) is 18.8 Å². The third-order valence-corrected chi connectivity index (χ3v) is 6.71. The van der Waals surface area contributed by atoms with Crippen LogP contribution in [0.25, 0.3) is 0 Å². The fraction of sp³-hybridized carbons (Fsp3) is 0.409. The molecule has 6 nitrogen and oxygen atoms in total. The average molecular weight is 468 g/mol. The van der Waals surface area contributed by atoms with Crippen molar-refractivity contribution < 1.29 is 32.6 Å². The average Bonchev–Trinajstić information content (AvgIpc) is 3.16. The second-order valence-corrected chi connectivity index (χ2v) is 9.15. The first kappa shape index (κ1) is 23.9. The van der Waals surface area contributed by atoms with Gasteiger partial charge in [0.1, 0.15) is 11.9 Å². The molecular formula is C22H23F3N2O4S. The van der Waals surface area contributed by atoms with Crippen LogP contribution >= 0.6 is 11.8 Å². The minimum atomic E-state index is -5.08. The van der Waals surface area contributed by atoms with E-state index in [1.165, 1.54) is 5.56 Å². The highest BCUT2D eigenvalue weighted by atomic mass is 32.2. The number of aliphatic carboxylic acids is 1. The first-order valence-electron chi connectivity index (χ1n) is 9.99. The number of halogens is 3. The van der Waals surface area contributed by atoms with Crippen LogP contribution in [-0.2, 0) is 16.0 Å². The zero-order chi connectivity index (χ0) is 23.2. The molecule has 2 fully saturated rings. The Morgan fingerprint density at radius 1 is 1.19 bits per heavy atom. The zero-order valence-corrected chi connectivity index (χ0v) is 17.9. The number of pyridine rings is 1. The van der Waals surface area contributed by atoms with Gasteiger partial charge in [0.15, 0.2) is 0 Å². The Balaban J connectivity index is 0.000000360. The molecule has 1 aromatic carbocycles. The van der Waals surface area contributed by atoms with Crippen LogP contribution in [0, 0.1) is 0 Å². The van der Waals surface area contributed by atoms with Crippen LogP contribution in [0.2, 0.25) is 0 Å². The molecule has 0 aliphatic carbocycles. The van der Waals surface area contributed by atoms with Crippen molar-refractivity contribution in [3.63, 3.8) is 0 Å². The van der Waals surface area contributed by atoms with Crippen molar-refractivity contribution in [1.29, 1.82) is 0 Å². The highest BCUT2D eigenvalue weighted by Gasteiger charge is 2.51. The summed E-state index contributed by atoms with van der Waals surface area (Å²) in [5.74, 6) is -0.666. The number of thioether (sulfide) groups is 1. The standard InChI is InChI=1S/C20H22N2O2S.C2HF3O2/c23-19(9-8-16-5-2-1-3-6-16)22-14-20(15-22)11-18(13-25-20)24-17-7-4-10-21-12-17;3-2(4,5)1(6)7/h1-7,10,12,18H,8-9,11,13-15H2;(H,6,7). The Bertz CT molecular complexity index is 906. The van der Waals surface area contributed by atoms with Crippen LogP contribution in [0.4, 0.5) is 13.2 Å². The first-order chi connectivity index (χ1) is 15.2. The lowest BCUT2D eigenvalue weighted by Gasteiger charge is -2.47. The molecule has 2 aliphatic heterocycles. The van der Waals surface area contributed by atoms with E-state index >= 15 is 0 Å². The van der Waals surface area contributed by atoms with E-state index in [1.807, 2.05) is 47.0 Å². The van der Waals surface area contributed by atoms with Crippen LogP contribution < -0.4 is 4.74 Å². The number of carboxylic acid groups (broad SMARTS) is 1. The Hall–Kier alpha value is -2.75. The van der Waals surface area contributed by atoms with Gasteiger partial charge in [-0.05, 0) is 24.1 Å². The van der Waals surface area contributed by atoms with Crippen molar-refractivity contribution in [1.82, 2.24) is 9.88 Å². The molecule has 1 atom stereocenters. The molecule has 1 aromatic heterocycles. The maximum absolute atomic E-state index is 12.4. The second kappa shape index (κ2) is 10.2. The van der Waals surface area contributed by atoms with Gasteiger partial charge in [-0.1, -0.05) is 30.3 Å². The predicted octanol–water partition coefficient (Wildman–Crippen LogP) is 3.81. The molecule has 2 aromatic rings. The molecule has 172 valence electrons. The Labute approximate surface area is 187 Å². The zero-order valence-electron chi connectivity index (χ0n) is 17.1. The van der Waals surface area contributed by atoms with E-state index in [-0.39, 0.29) is 16.8 Å². The number of likely N-dealkylation sites (tertiary alicyclic amines) is 1. The number of rotatable bonds is 5. The summed E-state index contributed by atoms with van der Waals surface area (Å²) in [5.41, 5.74) is 1.23. The molecule has 1 unspecified atom stereocenters. The molecule has 0 radical (unpaired) electrons. The number of hydrogen-bond acceptors (Lipinski definition) is 5. The van der Waals surface area contributed by atoms with E-state index in [4.69, 9.17) is 14.6 Å². The van der Waals surface area contributed by atoms with Crippen LogP contribution in [0.3, 0.4) is 0 Å². The van der Waals surface area contributed by atoms with Gasteiger partial charge >= 0.3 is 12.1 Å². The topological polar surface area (TPSA) is 79.7 Å². The van der Waals surface area contributed by atoms with Crippen LogP contribution in [0.1, 0.15) is 18.4 Å². The smallest absolute Gasteiger partial charge is 0.488 e. The van der Waals surface area contributed by atoms with Gasteiger partial charge in [-0.25, -0.2) is 4.79 Å². The molecule has 10 heteroatoms. The third kappa shape index (κ3) is 6.62. The van der Waals surface area contributed by atoms with Gasteiger partial charge in [0.25, 0.3) is 0 Å². The van der Waals surface area contributed by atoms with Crippen LogP contribution in [0.15, 0.2) is 54.9 Å². The van der Waals surface area contributed by atoms with Crippen molar-refractivity contribution in [3.8, 4) is 5.75 Å². The number of aryl methyl sites for hydroxylation is 1. The first-order valence-corrected chi connectivity index (χ1v) is 11.0. The van der Waals surface area contributed by atoms with Gasteiger partial charge in [-0.15, -0.1) is 11.8 Å². The van der Waals surface area contributed by atoms with Crippen LogP contribution in [0.5, 0.6) is 5.75 Å². The number of ether oxygens (including phenoxy) is 1. The lowest BCUT2D eigenvalue weighted by molar-refractivity contribution is -0.192. The molecule has 2 saturated heterocycles. The molecule has 1 amide bonds. The number of nitrogens with zero attached hydrogens (tertiary/aromatic N) is 2. The quantitative estimate of drug-likeness (QED) is 0.719. The minimum absolute atomic E-state index is 0.204. The number of aromatic nitrogens is 1. The maximum atomic E-state index is 12.4. The summed E-state index contributed by atoms with van der Waals surface area (Å²) >= 11 is 1.96. The number of benzene rings is 1. The Morgan fingerprint density at radius 2 is 1.88 bits per heavy atom. The van der Waals surface area contributed by atoms with Gasteiger partial charge < -0.3 is 14.7 Å². The molecular weight excluding hydrogens is 445 g/mol. The van der Waals surface area contributed by atoms with Crippen LogP contribution in [-0.4, -0.2) is 62.7 Å². The normalized spacial score (nSPS) is 19.0. The minimum Gasteiger partial charge on any atom is -0.488 e. The summed E-state index contributed by atoms with van der Waals surface area (Å²) < 4.78 is 38.0. The van der Waals surface area contributed by atoms with Crippen molar-refractivity contribution >= 4 is 23.6 Å². The molecule has 1 N–H and O–H groups in total. The summed E-state index contributed by atoms with van der Waals surface area (Å²) in [5, 5.41) is 7.12. The largest absolute Gasteiger partial charge is 0.490 e. The summed E-state index contributed by atoms with van der Waals surface area (Å²) in [7, 11) is 0. The predicted molar refractivity (Wildman–Crippen MR) is 113 cm³/mol. The lowest BCUT2D eigenvalue weighted by atomic mass is 9.92. The fourth-order valence-electron chi connectivity index (χ4n) is 3.59. The van der Waals surface area contributed by atoms with Gasteiger partial charge in [0.05, 0.1) is 10.9 Å². The number of carbonyl (C=O) groups excluding carboxylic acids is 1. The van der Waals surface area contributed by atoms with Gasteiger partial charge in [0.2, 0.25) is 5.91 Å². The number of alkyl halides is 3. The van der Waals surface area contributed by atoms with E-state index in [2.05, 4.69) is 17.1 Å². The number of carboxylic acids is 1. The molecule has 4 rings (SSSR count). The Morgan fingerprint density at radius 3 is 2.47 bits per heavy atom. The summed E-state index contributed by atoms with van der Waals surface area (Å²) in [6.07, 6.45) is 1.08. The second-order valence-electron chi connectivity index (χ2n) is 7.67. The molecule has 2 aliphatic rings. The molecule has 0 saturated carbocycles. The Kier molecular flexibility index (Phi) is 7.65. The number of carbonyl (C=O) groups is 2. The summed E-state index contributed by atoms with van der Waals surface area (Å²) in [6, 6.07) is 14.1. The SMILES string of the molecule is O=C(CCc1ccccc1)N1CC2(CC(Oc3cccnc3)CS2)C1.O=C(O)C(F)(F)F. The summed E-state index contributed by atoms with van der Waals surface area (Å²) in [4.78, 5) is 27.4. The van der Waals surface area contributed by atoms with Gasteiger partial charge in [-0.3, -0.25) is 9.78 Å². The van der Waals surface area contributed by atoms with Gasteiger partial charge in [0, 0.05) is 37.9 Å². The van der Waals surface area contributed by atoms with E-state index in [0.717, 1.165) is 37.4 Å². The highest BCUT2D eigenvalue weighted by molar-refractivity contribution is 8.01. The molecule has 0 bridgehead atoms. The lowest BCUT2D eigenvalue weighted by Crippen LogP contribution is -2.60. The highest BCUT2D eigenvalue weighted by Crippen LogP contribution is 2.46. The van der Waals surface area contributed by atoms with Crippen molar-refractivity contribution in [2.24, 2.45) is 0 Å². The van der Waals surface area contributed by atoms with E-state index < -0.39 is 12.1 Å². The molecule has 3 heterocycles. The van der Waals surface area contributed by atoms with E-state index in [0.29, 0.717) is 6.42 Å². The number of amides is 1. The molecule has 32 heavy (non-hydrogen) atoms. The van der Waals surface area contributed by atoms with Crippen molar-refractivity contribution in [2.45, 2.75) is 36.3 Å². The van der Waals surface area contributed by atoms with E-state index in [9.17, 15) is 18.0 Å². The monoisotopic (exact) mass is 468 g/mol. The third-order valence-electron chi connectivity index (χ3n) is 5.14. The molecule has 1 spiro atoms. The van der Waals surface area contributed by atoms with E-state index in [1.54, 1.807) is 12.4 Å². The van der Waals surface area contributed by atoms with Crippen molar-refractivity contribution in [3.05, 3.63) is 60.4 Å². The van der Waals surface area contributed by atoms with Gasteiger partial charge in [-0.2, -0.15) is 13.2 Å². The summed E-state index contributed by atoms with van der Waals surface area (Å²) in [6.45, 7) is 1.72. The maximum Gasteiger partial charge on any atom is 0.490 e.